The summed E-state index contributed by atoms with van der Waals surface area (Å²) in [5.41, 5.74) is 1.71. The van der Waals surface area contributed by atoms with Gasteiger partial charge >= 0.3 is 0 Å². The summed E-state index contributed by atoms with van der Waals surface area (Å²) >= 11 is 7.30. The van der Waals surface area contributed by atoms with Gasteiger partial charge in [-0.25, -0.2) is 9.37 Å². The minimum atomic E-state index is -0.412. The molecule has 3 aromatic rings. The van der Waals surface area contributed by atoms with E-state index in [0.717, 1.165) is 16.3 Å². The van der Waals surface area contributed by atoms with E-state index in [-0.39, 0.29) is 5.02 Å². The van der Waals surface area contributed by atoms with Crippen molar-refractivity contribution in [2.45, 2.75) is 6.54 Å². The van der Waals surface area contributed by atoms with Crippen molar-refractivity contribution in [3.63, 3.8) is 0 Å². The van der Waals surface area contributed by atoms with Gasteiger partial charge in [-0.15, -0.1) is 11.3 Å². The summed E-state index contributed by atoms with van der Waals surface area (Å²) < 4.78 is 15.0. The Morgan fingerprint density at radius 2 is 2.33 bits per heavy atom. The maximum atomic E-state index is 13.0. The zero-order valence-corrected chi connectivity index (χ0v) is 10.8. The molecule has 3 rings (SSSR count). The zero-order chi connectivity index (χ0) is 12.5. The molecule has 18 heavy (non-hydrogen) atoms. The smallest absolute Gasteiger partial charge is 0.193 e. The summed E-state index contributed by atoms with van der Waals surface area (Å²) in [4.78, 5) is 5.40. The lowest BCUT2D eigenvalue weighted by Gasteiger charge is -2.04. The normalized spacial score (nSPS) is 11.0. The van der Waals surface area contributed by atoms with E-state index < -0.39 is 5.82 Å². The summed E-state index contributed by atoms with van der Waals surface area (Å²) in [6.07, 6.45) is 3.93. The molecule has 0 saturated carbocycles. The third-order valence-electron chi connectivity index (χ3n) is 2.54. The summed E-state index contributed by atoms with van der Waals surface area (Å²) in [7, 11) is 0. The number of aromatic nitrogens is 2. The first-order valence-electron chi connectivity index (χ1n) is 5.32. The van der Waals surface area contributed by atoms with Crippen molar-refractivity contribution < 1.29 is 4.39 Å². The Morgan fingerprint density at radius 3 is 3.11 bits per heavy atom. The summed E-state index contributed by atoms with van der Waals surface area (Å²) in [6.45, 7) is 0.580. The van der Waals surface area contributed by atoms with Crippen LogP contribution in [0.15, 0.2) is 36.0 Å². The van der Waals surface area contributed by atoms with Crippen molar-refractivity contribution in [1.82, 2.24) is 9.38 Å². The minimum absolute atomic E-state index is 0.117. The lowest BCUT2D eigenvalue weighted by atomic mass is 10.3. The number of imidazole rings is 1. The van der Waals surface area contributed by atoms with Crippen molar-refractivity contribution in [1.29, 1.82) is 0 Å². The molecule has 0 unspecified atom stereocenters. The molecule has 0 bridgehead atoms. The van der Waals surface area contributed by atoms with Gasteiger partial charge in [-0.05, 0) is 18.2 Å². The molecule has 0 spiro atoms. The first kappa shape index (κ1) is 11.5. The van der Waals surface area contributed by atoms with Crippen molar-refractivity contribution in [2.24, 2.45) is 0 Å². The first-order chi connectivity index (χ1) is 8.72. The third-order valence-corrected chi connectivity index (χ3v) is 3.60. The Balaban J connectivity index is 1.73. The average molecular weight is 282 g/mol. The van der Waals surface area contributed by atoms with Crippen LogP contribution in [-0.2, 0) is 6.54 Å². The fourth-order valence-corrected chi connectivity index (χ4v) is 2.56. The van der Waals surface area contributed by atoms with Crippen molar-refractivity contribution in [3.8, 4) is 0 Å². The second kappa shape index (κ2) is 4.59. The van der Waals surface area contributed by atoms with Crippen LogP contribution >= 0.6 is 22.9 Å². The molecule has 0 amide bonds. The SMILES string of the molecule is Fc1ccc(NCc2cn3ccsc3n2)cc1Cl. The van der Waals surface area contributed by atoms with Crippen molar-refractivity contribution in [2.75, 3.05) is 5.32 Å². The minimum Gasteiger partial charge on any atom is -0.379 e. The Labute approximate surface area is 112 Å². The Bertz CT molecular complexity index is 663. The molecule has 0 aliphatic heterocycles. The Hall–Kier alpha value is -1.59. The number of thiazole rings is 1. The lowest BCUT2D eigenvalue weighted by Crippen LogP contribution is -1.99. The van der Waals surface area contributed by atoms with E-state index in [4.69, 9.17) is 11.6 Å². The predicted octanol–water partition coefficient (Wildman–Crippen LogP) is 3.80. The maximum Gasteiger partial charge on any atom is 0.193 e. The van der Waals surface area contributed by atoms with Crippen molar-refractivity contribution >= 4 is 33.6 Å². The lowest BCUT2D eigenvalue weighted by molar-refractivity contribution is 0.628. The van der Waals surface area contributed by atoms with E-state index in [1.54, 1.807) is 23.5 Å². The standard InChI is InChI=1S/C12H9ClFN3S/c13-10-5-8(1-2-11(10)14)15-6-9-7-17-3-4-18-12(17)16-9/h1-5,7,15H,6H2. The second-order valence-electron chi connectivity index (χ2n) is 3.81. The average Bonchev–Trinajstić information content (AvgIpc) is 2.91. The molecule has 2 aromatic heterocycles. The highest BCUT2D eigenvalue weighted by Gasteiger charge is 2.04. The van der Waals surface area contributed by atoms with E-state index in [1.165, 1.54) is 6.07 Å². The number of fused-ring (bicyclic) bond motifs is 1. The van der Waals surface area contributed by atoms with Crippen LogP contribution < -0.4 is 5.32 Å². The highest BCUT2D eigenvalue weighted by molar-refractivity contribution is 7.15. The van der Waals surface area contributed by atoms with Crippen LogP contribution in [0.25, 0.3) is 4.96 Å². The second-order valence-corrected chi connectivity index (χ2v) is 5.09. The van der Waals surface area contributed by atoms with Gasteiger partial charge in [0.25, 0.3) is 0 Å². The van der Waals surface area contributed by atoms with Crippen LogP contribution in [0.4, 0.5) is 10.1 Å². The summed E-state index contributed by atoms with van der Waals surface area (Å²) in [5.74, 6) is -0.412. The molecule has 0 fully saturated rings. The van der Waals surface area contributed by atoms with Crippen LogP contribution in [0.1, 0.15) is 5.69 Å². The van der Waals surface area contributed by atoms with Gasteiger partial charge in [0.2, 0.25) is 0 Å². The molecule has 0 aliphatic carbocycles. The van der Waals surface area contributed by atoms with E-state index in [9.17, 15) is 4.39 Å². The fourth-order valence-electron chi connectivity index (χ4n) is 1.66. The van der Waals surface area contributed by atoms with Crippen LogP contribution in [0, 0.1) is 5.82 Å². The number of hydrogen-bond donors (Lipinski definition) is 1. The Kier molecular flexibility index (Phi) is 2.93. The van der Waals surface area contributed by atoms with Gasteiger partial charge in [0.15, 0.2) is 4.96 Å². The first-order valence-corrected chi connectivity index (χ1v) is 6.58. The molecular formula is C12H9ClFN3S. The van der Waals surface area contributed by atoms with Crippen LogP contribution in [0.5, 0.6) is 0 Å². The molecule has 6 heteroatoms. The van der Waals surface area contributed by atoms with E-state index in [0.29, 0.717) is 6.54 Å². The fraction of sp³-hybridized carbons (Fsp3) is 0.0833. The number of hydrogen-bond acceptors (Lipinski definition) is 3. The number of nitrogens with one attached hydrogen (secondary N) is 1. The van der Waals surface area contributed by atoms with Crippen molar-refractivity contribution in [3.05, 3.63) is 52.5 Å². The third kappa shape index (κ3) is 2.19. The van der Waals surface area contributed by atoms with Gasteiger partial charge in [-0.1, -0.05) is 11.6 Å². The number of halogens is 2. The molecule has 1 N–H and O–H groups in total. The van der Waals surface area contributed by atoms with Crippen LogP contribution in [-0.4, -0.2) is 9.38 Å². The highest BCUT2D eigenvalue weighted by atomic mass is 35.5. The molecule has 3 nitrogen and oxygen atoms in total. The van der Waals surface area contributed by atoms with Gasteiger partial charge in [-0.3, -0.25) is 4.40 Å². The van der Waals surface area contributed by atoms with Crippen LogP contribution in [0.2, 0.25) is 5.02 Å². The topological polar surface area (TPSA) is 29.3 Å². The number of nitrogens with zero attached hydrogens (tertiary/aromatic N) is 2. The van der Waals surface area contributed by atoms with E-state index in [2.05, 4.69) is 10.3 Å². The number of anilines is 1. The number of rotatable bonds is 3. The van der Waals surface area contributed by atoms with Crippen LogP contribution in [0.3, 0.4) is 0 Å². The van der Waals surface area contributed by atoms with Gasteiger partial charge < -0.3 is 5.32 Å². The highest BCUT2D eigenvalue weighted by Crippen LogP contribution is 2.20. The summed E-state index contributed by atoms with van der Waals surface area (Å²) in [6, 6.07) is 4.56. The maximum absolute atomic E-state index is 13.0. The molecule has 92 valence electrons. The molecule has 0 saturated heterocycles. The molecule has 0 atom stereocenters. The largest absolute Gasteiger partial charge is 0.379 e. The van der Waals surface area contributed by atoms with Gasteiger partial charge in [-0.2, -0.15) is 0 Å². The van der Waals surface area contributed by atoms with Gasteiger partial charge in [0.1, 0.15) is 5.82 Å². The van der Waals surface area contributed by atoms with E-state index >= 15 is 0 Å². The van der Waals surface area contributed by atoms with E-state index in [1.807, 2.05) is 22.2 Å². The quantitative estimate of drug-likeness (QED) is 0.791. The van der Waals surface area contributed by atoms with Gasteiger partial charge in [0, 0.05) is 23.5 Å². The molecular weight excluding hydrogens is 273 g/mol. The van der Waals surface area contributed by atoms with Gasteiger partial charge in [0.05, 0.1) is 17.3 Å². The monoisotopic (exact) mass is 281 g/mol. The predicted molar refractivity (Wildman–Crippen MR) is 71.8 cm³/mol. The number of benzene rings is 1. The Morgan fingerprint density at radius 1 is 1.44 bits per heavy atom. The molecule has 0 radical (unpaired) electrons. The summed E-state index contributed by atoms with van der Waals surface area (Å²) in [5, 5.41) is 5.26. The zero-order valence-electron chi connectivity index (χ0n) is 9.23. The molecule has 2 heterocycles. The molecule has 1 aromatic carbocycles. The molecule has 0 aliphatic rings.